The number of amides is 1. The molecule has 4 atom stereocenters. The number of hydrogen-bond donors (Lipinski definition) is 5. The van der Waals surface area contributed by atoms with Crippen molar-refractivity contribution in [3.8, 4) is 0 Å². The average Bonchev–Trinajstić information content (AvgIpc) is 2.60. The Morgan fingerprint density at radius 3 is 2.33 bits per heavy atom. The maximum atomic E-state index is 12.0. The van der Waals surface area contributed by atoms with Crippen LogP contribution in [0.3, 0.4) is 0 Å². The topological polar surface area (TPSA) is 113 Å². The Bertz CT molecular complexity index is 614. The number of anilines is 1. The standard InChI is InChI=1S/C20H32N2O5/c1-20(2,3)19(27)21-14-8-6-13(7-9-14)5-4-10-22-11-16(24)18(26)17(25)15(22)12-23/h6-9,15-18,23-26H,4-5,10-12H2,1-3H3,(H,21,27)/t15-,16+,17-,18-/m1/s1. The maximum Gasteiger partial charge on any atom is 0.229 e. The van der Waals surface area contributed by atoms with Crippen LogP contribution in [0.25, 0.3) is 0 Å². The van der Waals surface area contributed by atoms with Crippen LogP contribution in [0.4, 0.5) is 5.69 Å². The second kappa shape index (κ2) is 9.12. The molecule has 0 saturated carbocycles. The van der Waals surface area contributed by atoms with Crippen LogP contribution in [-0.4, -0.2) is 75.3 Å². The normalized spacial score (nSPS) is 26.8. The Labute approximate surface area is 160 Å². The third-order valence-corrected chi connectivity index (χ3v) is 5.02. The molecular formula is C20H32N2O5. The van der Waals surface area contributed by atoms with Gasteiger partial charge in [-0.3, -0.25) is 9.69 Å². The van der Waals surface area contributed by atoms with Gasteiger partial charge in [-0.05, 0) is 37.1 Å². The lowest BCUT2D eigenvalue weighted by Gasteiger charge is -2.43. The maximum absolute atomic E-state index is 12.0. The van der Waals surface area contributed by atoms with Gasteiger partial charge in [0.15, 0.2) is 0 Å². The van der Waals surface area contributed by atoms with Crippen LogP contribution < -0.4 is 5.32 Å². The van der Waals surface area contributed by atoms with Gasteiger partial charge in [0, 0.05) is 17.6 Å². The summed E-state index contributed by atoms with van der Waals surface area (Å²) in [6.45, 7) is 6.14. The summed E-state index contributed by atoms with van der Waals surface area (Å²) in [7, 11) is 0. The monoisotopic (exact) mass is 380 g/mol. The van der Waals surface area contributed by atoms with E-state index in [9.17, 15) is 25.2 Å². The van der Waals surface area contributed by atoms with Crippen LogP contribution in [0, 0.1) is 5.41 Å². The summed E-state index contributed by atoms with van der Waals surface area (Å²) in [5.74, 6) is -0.0327. The molecule has 7 nitrogen and oxygen atoms in total. The van der Waals surface area contributed by atoms with Crippen molar-refractivity contribution in [2.45, 2.75) is 58.0 Å². The van der Waals surface area contributed by atoms with E-state index in [1.807, 2.05) is 49.9 Å². The molecule has 2 rings (SSSR count). The first-order valence-corrected chi connectivity index (χ1v) is 9.43. The van der Waals surface area contributed by atoms with Crippen LogP contribution >= 0.6 is 0 Å². The molecule has 1 heterocycles. The highest BCUT2D eigenvalue weighted by molar-refractivity contribution is 5.94. The van der Waals surface area contributed by atoms with Crippen molar-refractivity contribution in [1.29, 1.82) is 0 Å². The SMILES string of the molecule is CC(C)(C)C(=O)Nc1ccc(CCCN2C[C@H](O)[C@@H](O)[C@H](O)[C@H]2CO)cc1. The van der Waals surface area contributed by atoms with Gasteiger partial charge in [-0.25, -0.2) is 0 Å². The lowest BCUT2D eigenvalue weighted by Crippen LogP contribution is -2.62. The zero-order valence-electron chi connectivity index (χ0n) is 16.3. The van der Waals surface area contributed by atoms with Crippen LogP contribution in [0.15, 0.2) is 24.3 Å². The second-order valence-corrected chi connectivity index (χ2v) is 8.30. The lowest BCUT2D eigenvalue weighted by molar-refractivity contribution is -0.145. The second-order valence-electron chi connectivity index (χ2n) is 8.30. The van der Waals surface area contributed by atoms with Gasteiger partial charge in [0.1, 0.15) is 12.2 Å². The predicted molar refractivity (Wildman–Crippen MR) is 103 cm³/mol. The number of nitrogens with zero attached hydrogens (tertiary/aromatic N) is 1. The van der Waals surface area contributed by atoms with E-state index in [0.29, 0.717) is 6.54 Å². The molecule has 7 heteroatoms. The molecule has 5 N–H and O–H groups in total. The van der Waals surface area contributed by atoms with Gasteiger partial charge in [0.2, 0.25) is 5.91 Å². The fraction of sp³-hybridized carbons (Fsp3) is 0.650. The summed E-state index contributed by atoms with van der Waals surface area (Å²) in [6.07, 6.45) is -1.84. The van der Waals surface area contributed by atoms with Crippen molar-refractivity contribution >= 4 is 11.6 Å². The number of carbonyl (C=O) groups excluding carboxylic acids is 1. The van der Waals surface area contributed by atoms with Gasteiger partial charge in [-0.15, -0.1) is 0 Å². The minimum atomic E-state index is -1.23. The summed E-state index contributed by atoms with van der Waals surface area (Å²) in [6, 6.07) is 7.11. The Morgan fingerprint density at radius 1 is 1.15 bits per heavy atom. The molecule has 27 heavy (non-hydrogen) atoms. The quantitative estimate of drug-likeness (QED) is 0.487. The zero-order chi connectivity index (χ0) is 20.2. The molecule has 1 amide bonds. The predicted octanol–water partition coefficient (Wildman–Crippen LogP) is 0.363. The van der Waals surface area contributed by atoms with Crippen LogP contribution in [0.1, 0.15) is 32.8 Å². The Hall–Kier alpha value is -1.51. The van der Waals surface area contributed by atoms with E-state index in [-0.39, 0.29) is 19.1 Å². The number of benzene rings is 1. The molecule has 1 saturated heterocycles. The van der Waals surface area contributed by atoms with E-state index in [1.54, 1.807) is 0 Å². The number of aliphatic hydroxyl groups excluding tert-OH is 4. The van der Waals surface area contributed by atoms with E-state index >= 15 is 0 Å². The van der Waals surface area contributed by atoms with E-state index in [1.165, 1.54) is 0 Å². The fourth-order valence-electron chi connectivity index (χ4n) is 3.20. The first kappa shape index (κ1) is 21.8. The smallest absolute Gasteiger partial charge is 0.229 e. The van der Waals surface area contributed by atoms with Crippen molar-refractivity contribution in [2.75, 3.05) is 25.0 Å². The van der Waals surface area contributed by atoms with E-state index in [4.69, 9.17) is 0 Å². The van der Waals surface area contributed by atoms with Gasteiger partial charge in [0.05, 0.1) is 18.8 Å². The molecular weight excluding hydrogens is 348 g/mol. The number of aliphatic hydroxyl groups is 4. The van der Waals surface area contributed by atoms with Crippen molar-refractivity contribution in [2.24, 2.45) is 5.41 Å². The number of likely N-dealkylation sites (tertiary alicyclic amines) is 1. The minimum Gasteiger partial charge on any atom is -0.395 e. The molecule has 0 bridgehead atoms. The van der Waals surface area contributed by atoms with Crippen molar-refractivity contribution < 1.29 is 25.2 Å². The number of nitrogens with one attached hydrogen (secondary N) is 1. The first-order valence-electron chi connectivity index (χ1n) is 9.43. The molecule has 1 fully saturated rings. The summed E-state index contributed by atoms with van der Waals surface area (Å²) in [4.78, 5) is 13.8. The van der Waals surface area contributed by atoms with Crippen LogP contribution in [0.2, 0.25) is 0 Å². The molecule has 0 radical (unpaired) electrons. The largest absolute Gasteiger partial charge is 0.395 e. The molecule has 1 aliphatic heterocycles. The van der Waals surface area contributed by atoms with Crippen molar-refractivity contribution in [3.63, 3.8) is 0 Å². The molecule has 0 unspecified atom stereocenters. The highest BCUT2D eigenvalue weighted by Gasteiger charge is 2.40. The number of piperidine rings is 1. The van der Waals surface area contributed by atoms with Gasteiger partial charge >= 0.3 is 0 Å². The van der Waals surface area contributed by atoms with Gasteiger partial charge < -0.3 is 25.7 Å². The minimum absolute atomic E-state index is 0.0327. The fourth-order valence-corrected chi connectivity index (χ4v) is 3.20. The lowest BCUT2D eigenvalue weighted by atomic mass is 9.94. The average molecular weight is 380 g/mol. The highest BCUT2D eigenvalue weighted by Crippen LogP contribution is 2.21. The Balaban J connectivity index is 1.85. The number of β-amino-alcohol motifs (C(OH)–C–C–N with tert-alkyl or cyclic N) is 1. The summed E-state index contributed by atoms with van der Waals surface area (Å²) < 4.78 is 0. The van der Waals surface area contributed by atoms with Crippen LogP contribution in [-0.2, 0) is 11.2 Å². The van der Waals surface area contributed by atoms with Crippen molar-refractivity contribution in [1.82, 2.24) is 4.90 Å². The number of aryl methyl sites for hydroxylation is 1. The Kier molecular flexibility index (Phi) is 7.36. The molecule has 1 aromatic rings. The molecule has 1 aromatic carbocycles. The molecule has 152 valence electrons. The van der Waals surface area contributed by atoms with Crippen molar-refractivity contribution in [3.05, 3.63) is 29.8 Å². The van der Waals surface area contributed by atoms with Gasteiger partial charge in [-0.1, -0.05) is 32.9 Å². The molecule has 0 aliphatic carbocycles. The zero-order valence-corrected chi connectivity index (χ0v) is 16.3. The van der Waals surface area contributed by atoms with E-state index < -0.39 is 29.8 Å². The summed E-state index contributed by atoms with van der Waals surface area (Å²) in [5.41, 5.74) is 1.43. The van der Waals surface area contributed by atoms with Crippen LogP contribution in [0.5, 0.6) is 0 Å². The summed E-state index contributed by atoms with van der Waals surface area (Å²) in [5, 5.41) is 42.0. The van der Waals surface area contributed by atoms with E-state index in [2.05, 4.69) is 5.32 Å². The number of hydrogen-bond acceptors (Lipinski definition) is 6. The third-order valence-electron chi connectivity index (χ3n) is 5.02. The first-order chi connectivity index (χ1) is 12.6. The third kappa shape index (κ3) is 5.73. The highest BCUT2D eigenvalue weighted by atomic mass is 16.4. The van der Waals surface area contributed by atoms with Gasteiger partial charge in [0.25, 0.3) is 0 Å². The number of rotatable bonds is 6. The number of carbonyl (C=O) groups is 1. The van der Waals surface area contributed by atoms with E-state index in [0.717, 1.165) is 24.1 Å². The summed E-state index contributed by atoms with van der Waals surface area (Å²) >= 11 is 0. The molecule has 0 spiro atoms. The molecule has 1 aliphatic rings. The molecule has 0 aromatic heterocycles. The van der Waals surface area contributed by atoms with Gasteiger partial charge in [-0.2, -0.15) is 0 Å². The Morgan fingerprint density at radius 2 is 1.78 bits per heavy atom.